The van der Waals surface area contributed by atoms with Crippen LogP contribution in [0.4, 0.5) is 0 Å². The molecule has 0 rings (SSSR count). The summed E-state index contributed by atoms with van der Waals surface area (Å²) < 4.78 is 0. The molecule has 0 saturated heterocycles. The van der Waals surface area contributed by atoms with Crippen LogP contribution in [-0.2, 0) is 0 Å². The minimum Gasteiger partial charge on any atom is -0.0683 e. The Kier molecular flexibility index (Phi) is 28.1. The molecule has 0 amide bonds. The number of hydrogen-bond acceptors (Lipinski definition) is 0. The quantitative estimate of drug-likeness (QED) is 0.348. The Hall–Kier alpha value is 0.868. The van der Waals surface area contributed by atoms with E-state index in [1.54, 1.807) is 19.5 Å². The Balaban J connectivity index is 0. The molecular weight excluding hydrogens is 136 g/mol. The Morgan fingerprint density at radius 3 is 1.17 bits per heavy atom. The van der Waals surface area contributed by atoms with Crippen LogP contribution in [0.1, 0.15) is 13.8 Å². The molecule has 0 radical (unpaired) electrons. The van der Waals surface area contributed by atoms with Crippen LogP contribution in [0.15, 0.2) is 0 Å². The number of hydrogen-bond donors (Lipinski definition) is 0. The summed E-state index contributed by atoms with van der Waals surface area (Å²) in [5.74, 6) is 0. The van der Waals surface area contributed by atoms with Crippen LogP contribution in [0.5, 0.6) is 0 Å². The lowest BCUT2D eigenvalue weighted by Crippen LogP contribution is -2.00. The van der Waals surface area contributed by atoms with Crippen LogP contribution in [0.2, 0.25) is 0 Å². The van der Waals surface area contributed by atoms with Gasteiger partial charge in [0, 0.05) is 0 Å². The first-order valence-corrected chi connectivity index (χ1v) is 18.2. The van der Waals surface area contributed by atoms with Crippen LogP contribution in [0.25, 0.3) is 0 Å². The smallest absolute Gasteiger partial charge is 0.00991 e. The van der Waals surface area contributed by atoms with Crippen molar-refractivity contribution in [2.45, 2.75) is 13.8 Å². The van der Waals surface area contributed by atoms with Gasteiger partial charge in [0.05, 0.1) is 0 Å². The van der Waals surface area contributed by atoms with Crippen LogP contribution in [-0.4, -0.2) is 36.6 Å². The number of rotatable bonds is 1. The topological polar surface area (TPSA) is 0 Å². The van der Waals surface area contributed by atoms with Gasteiger partial charge in [0.25, 0.3) is 0 Å². The molecule has 0 aliphatic rings. The predicted octanol–water partition coefficient (Wildman–Crippen LogP) is -3.17. The molecule has 0 N–H and O–H groups in total. The summed E-state index contributed by atoms with van der Waals surface area (Å²) in [5, 5.41) is 0. The molecule has 0 bridgehead atoms. The minimum absolute atomic E-state index is 0.764. The molecule has 0 unspecified atom stereocenters. The van der Waals surface area contributed by atoms with Crippen molar-refractivity contribution in [1.29, 1.82) is 0 Å². The highest BCUT2D eigenvalue weighted by molar-refractivity contribution is 7.37. The lowest BCUT2D eigenvalue weighted by molar-refractivity contribution is 1.50. The summed E-state index contributed by atoms with van der Waals surface area (Å²) in [6.45, 7) is 4.00. The van der Waals surface area contributed by atoms with Gasteiger partial charge >= 0.3 is 0 Å². The van der Waals surface area contributed by atoms with E-state index in [1.807, 2.05) is 13.8 Å². The van der Waals surface area contributed by atoms with Crippen molar-refractivity contribution in [3.63, 3.8) is 0 Å². The fraction of sp³-hybridized carbons (Fsp3) is 1.00. The Morgan fingerprint density at radius 1 is 1.00 bits per heavy atom. The molecule has 0 aromatic rings. The molecule has 0 aliphatic carbocycles. The SMILES string of the molecule is CC.[SiH3][SiH2][SiH2][SiH3]. The van der Waals surface area contributed by atoms with Crippen molar-refractivity contribution < 1.29 is 0 Å². The van der Waals surface area contributed by atoms with Gasteiger partial charge in [-0.1, -0.05) is 13.8 Å². The fourth-order valence-electron chi connectivity index (χ4n) is 0. The second-order valence-electron chi connectivity index (χ2n) is 1.000. The first-order chi connectivity index (χ1) is 2.91. The van der Waals surface area contributed by atoms with Gasteiger partial charge < -0.3 is 0 Å². The van der Waals surface area contributed by atoms with Gasteiger partial charge in [-0.25, -0.2) is 0 Å². The van der Waals surface area contributed by atoms with E-state index in [0.29, 0.717) is 0 Å². The first-order valence-electron chi connectivity index (χ1n) is 2.91. The van der Waals surface area contributed by atoms with Crippen molar-refractivity contribution >= 4 is 36.6 Å². The van der Waals surface area contributed by atoms with Gasteiger partial charge in [-0.05, 0) is 36.6 Å². The third-order valence-corrected chi connectivity index (χ3v) is 40.5. The molecule has 0 aromatic heterocycles. The van der Waals surface area contributed by atoms with Crippen molar-refractivity contribution in [1.82, 2.24) is 0 Å². The van der Waals surface area contributed by atoms with Crippen LogP contribution in [0.3, 0.4) is 0 Å². The van der Waals surface area contributed by atoms with Crippen molar-refractivity contribution in [3.05, 3.63) is 0 Å². The minimum atomic E-state index is 0.764. The van der Waals surface area contributed by atoms with Crippen LogP contribution >= 0.6 is 0 Å². The summed E-state index contributed by atoms with van der Waals surface area (Å²) in [6.07, 6.45) is 0. The van der Waals surface area contributed by atoms with Crippen molar-refractivity contribution in [3.8, 4) is 0 Å². The molecule has 0 nitrogen and oxygen atoms in total. The Morgan fingerprint density at radius 2 is 1.17 bits per heavy atom. The molecule has 6 heavy (non-hydrogen) atoms. The average Bonchev–Trinajstić information content (AvgIpc) is 1.72. The van der Waals surface area contributed by atoms with Gasteiger partial charge in [-0.15, -0.1) is 0 Å². The molecule has 0 saturated carbocycles. The molecule has 0 aliphatic heterocycles. The normalized spacial score (nSPS) is 11.0. The summed E-state index contributed by atoms with van der Waals surface area (Å²) in [7, 11) is 4.78. The van der Waals surface area contributed by atoms with Gasteiger partial charge in [0.1, 0.15) is 0 Å². The van der Waals surface area contributed by atoms with Gasteiger partial charge in [-0.3, -0.25) is 0 Å². The zero-order chi connectivity index (χ0) is 5.41. The maximum Gasteiger partial charge on any atom is -0.00991 e. The van der Waals surface area contributed by atoms with Crippen molar-refractivity contribution in [2.24, 2.45) is 0 Å². The monoisotopic (exact) mass is 152 g/mol. The lowest BCUT2D eigenvalue weighted by atomic mass is 11.0. The summed E-state index contributed by atoms with van der Waals surface area (Å²) in [4.78, 5) is 0. The van der Waals surface area contributed by atoms with E-state index in [4.69, 9.17) is 0 Å². The Labute approximate surface area is 51.0 Å². The third kappa shape index (κ3) is 20.9. The van der Waals surface area contributed by atoms with Gasteiger partial charge in [0.2, 0.25) is 0 Å². The summed E-state index contributed by atoms with van der Waals surface area (Å²) in [6, 6.07) is 0. The van der Waals surface area contributed by atoms with Crippen LogP contribution in [0, 0.1) is 0 Å². The zero-order valence-electron chi connectivity index (χ0n) is 5.41. The molecule has 0 spiro atoms. The second kappa shape index (κ2) is 16.9. The van der Waals surface area contributed by atoms with Gasteiger partial charge in [-0.2, -0.15) is 0 Å². The Bertz CT molecular complexity index is 7.51. The predicted molar refractivity (Wildman–Crippen MR) is 48.3 cm³/mol. The van der Waals surface area contributed by atoms with E-state index in [-0.39, 0.29) is 0 Å². The van der Waals surface area contributed by atoms with Gasteiger partial charge in [0.15, 0.2) is 0 Å². The molecule has 40 valence electrons. The van der Waals surface area contributed by atoms with Crippen LogP contribution < -0.4 is 0 Å². The lowest BCUT2D eigenvalue weighted by Gasteiger charge is -1.63. The van der Waals surface area contributed by atoms with E-state index in [0.717, 1.165) is 17.1 Å². The van der Waals surface area contributed by atoms with E-state index in [1.165, 1.54) is 0 Å². The van der Waals surface area contributed by atoms with E-state index < -0.39 is 0 Å². The highest BCUT2D eigenvalue weighted by Gasteiger charge is 1.61. The highest BCUT2D eigenvalue weighted by atomic mass is 29.7. The fourth-order valence-corrected chi connectivity index (χ4v) is 0. The van der Waals surface area contributed by atoms with Crippen molar-refractivity contribution in [2.75, 3.05) is 0 Å². The van der Waals surface area contributed by atoms with E-state index in [2.05, 4.69) is 0 Å². The first kappa shape index (κ1) is 9.98. The molecular formula is C2H16Si4. The third-order valence-electron chi connectivity index (χ3n) is 0.500. The molecule has 0 aromatic carbocycles. The second-order valence-corrected chi connectivity index (χ2v) is 27.0. The maximum absolute atomic E-state index is 2.00. The molecule has 4 heteroatoms. The van der Waals surface area contributed by atoms with E-state index in [9.17, 15) is 0 Å². The highest BCUT2D eigenvalue weighted by Crippen LogP contribution is 1.24. The molecule has 0 heterocycles. The summed E-state index contributed by atoms with van der Waals surface area (Å²) >= 11 is 0. The largest absolute Gasteiger partial charge is 0.0683 e. The zero-order valence-corrected chi connectivity index (χ0v) is 12.2. The summed E-state index contributed by atoms with van der Waals surface area (Å²) in [5.41, 5.74) is 0. The standard InChI is InChI=1S/C2H6.H10Si4/c1-2;1-3-4-2/h1-2H3;3-4H2,1-2H3. The molecule has 0 atom stereocenters. The average molecular weight is 152 g/mol. The maximum atomic E-state index is 2.00. The van der Waals surface area contributed by atoms with E-state index >= 15 is 0 Å². The molecule has 0 fully saturated rings.